The smallest absolute Gasteiger partial charge is 0.165 e. The van der Waals surface area contributed by atoms with Crippen molar-refractivity contribution < 1.29 is 13.9 Å². The van der Waals surface area contributed by atoms with Gasteiger partial charge in [0.05, 0.1) is 18.5 Å². The van der Waals surface area contributed by atoms with E-state index in [1.54, 1.807) is 6.07 Å². The second-order valence-corrected chi connectivity index (χ2v) is 5.59. The fourth-order valence-corrected chi connectivity index (χ4v) is 2.58. The Balaban J connectivity index is 2.22. The number of alkyl halides is 1. The largest absolute Gasteiger partial charge is 0.494 e. The maximum atomic E-state index is 13.8. The van der Waals surface area contributed by atoms with Gasteiger partial charge in [0, 0.05) is 0 Å². The fraction of sp³-hybridized carbons (Fsp3) is 0.294. The second kappa shape index (κ2) is 7.46. The molecule has 0 aliphatic carbocycles. The van der Waals surface area contributed by atoms with Crippen molar-refractivity contribution in [3.63, 3.8) is 0 Å². The number of methoxy groups -OCH3 is 1. The van der Waals surface area contributed by atoms with Crippen LogP contribution in [0.5, 0.6) is 11.5 Å². The van der Waals surface area contributed by atoms with Crippen molar-refractivity contribution in [2.75, 3.05) is 13.7 Å². The molecule has 0 aromatic heterocycles. The highest BCUT2D eigenvalue weighted by Crippen LogP contribution is 2.34. The molecule has 0 bridgehead atoms. The van der Waals surface area contributed by atoms with Crippen LogP contribution in [-0.2, 0) is 0 Å². The van der Waals surface area contributed by atoms with E-state index in [9.17, 15) is 4.39 Å². The van der Waals surface area contributed by atoms with Gasteiger partial charge in [0.15, 0.2) is 11.6 Å². The summed E-state index contributed by atoms with van der Waals surface area (Å²) in [7, 11) is 1.46. The van der Waals surface area contributed by atoms with E-state index in [0.717, 1.165) is 23.3 Å². The van der Waals surface area contributed by atoms with E-state index >= 15 is 0 Å². The Labute approximate surface area is 133 Å². The lowest BCUT2D eigenvalue weighted by Crippen LogP contribution is -1.98. The summed E-state index contributed by atoms with van der Waals surface area (Å²) in [4.78, 5) is -0.0944. The normalized spacial score (nSPS) is 12.0. The topological polar surface area (TPSA) is 18.5 Å². The summed E-state index contributed by atoms with van der Waals surface area (Å²) in [5.41, 5.74) is 1.86. The van der Waals surface area contributed by atoms with E-state index < -0.39 is 0 Å². The van der Waals surface area contributed by atoms with Gasteiger partial charge in [-0.25, -0.2) is 4.39 Å². The van der Waals surface area contributed by atoms with Crippen molar-refractivity contribution in [2.45, 2.75) is 18.2 Å². The molecule has 21 heavy (non-hydrogen) atoms. The number of rotatable bonds is 6. The van der Waals surface area contributed by atoms with Crippen LogP contribution in [-0.4, -0.2) is 13.7 Å². The van der Waals surface area contributed by atoms with Gasteiger partial charge in [0.25, 0.3) is 0 Å². The highest BCUT2D eigenvalue weighted by molar-refractivity contribution is 9.09. The highest BCUT2D eigenvalue weighted by atomic mass is 79.9. The Morgan fingerprint density at radius 1 is 1.14 bits per heavy atom. The summed E-state index contributed by atoms with van der Waals surface area (Å²) in [6, 6.07) is 12.8. The summed E-state index contributed by atoms with van der Waals surface area (Å²) in [6.45, 7) is 2.75. The Morgan fingerprint density at radius 2 is 1.90 bits per heavy atom. The zero-order chi connectivity index (χ0) is 15.2. The molecule has 2 aromatic carbocycles. The average molecular weight is 353 g/mol. The van der Waals surface area contributed by atoms with Crippen LogP contribution in [0.15, 0.2) is 42.5 Å². The molecule has 0 aliphatic rings. The Kier molecular flexibility index (Phi) is 5.62. The van der Waals surface area contributed by atoms with Gasteiger partial charge in [0.1, 0.15) is 5.75 Å². The quantitative estimate of drug-likeness (QED) is 0.672. The molecule has 0 spiro atoms. The van der Waals surface area contributed by atoms with Crippen molar-refractivity contribution in [1.29, 1.82) is 0 Å². The summed E-state index contributed by atoms with van der Waals surface area (Å²) in [5, 5.41) is 0. The number of hydrogen-bond donors (Lipinski definition) is 0. The van der Waals surface area contributed by atoms with Gasteiger partial charge in [0.2, 0.25) is 0 Å². The molecule has 1 atom stereocenters. The molecule has 0 saturated heterocycles. The summed E-state index contributed by atoms with van der Waals surface area (Å²) < 4.78 is 24.4. The zero-order valence-corrected chi connectivity index (χ0v) is 13.7. The van der Waals surface area contributed by atoms with E-state index in [1.807, 2.05) is 30.3 Å². The van der Waals surface area contributed by atoms with Crippen LogP contribution in [0.3, 0.4) is 0 Å². The van der Waals surface area contributed by atoms with Crippen molar-refractivity contribution >= 4 is 15.9 Å². The van der Waals surface area contributed by atoms with Crippen LogP contribution < -0.4 is 9.47 Å². The SMILES string of the molecule is CCCOc1cccc(C(Br)c2ccc(OC)c(F)c2)c1. The first kappa shape index (κ1) is 15.8. The number of hydrogen-bond acceptors (Lipinski definition) is 2. The average Bonchev–Trinajstić information content (AvgIpc) is 2.52. The Hall–Kier alpha value is -1.55. The molecule has 2 rings (SSSR count). The molecule has 2 aromatic rings. The Bertz CT molecular complexity index is 601. The maximum Gasteiger partial charge on any atom is 0.165 e. The molecule has 0 heterocycles. The molecule has 0 fully saturated rings. The highest BCUT2D eigenvalue weighted by Gasteiger charge is 2.13. The third-order valence-corrected chi connectivity index (χ3v) is 4.15. The minimum atomic E-state index is -0.363. The van der Waals surface area contributed by atoms with Gasteiger partial charge < -0.3 is 9.47 Å². The molecule has 0 amide bonds. The third-order valence-electron chi connectivity index (χ3n) is 3.09. The molecule has 2 nitrogen and oxygen atoms in total. The number of halogens is 2. The molecule has 0 N–H and O–H groups in total. The molecular formula is C17H18BrFO2. The van der Waals surface area contributed by atoms with Crippen LogP contribution in [0.1, 0.15) is 29.3 Å². The molecule has 0 saturated carbocycles. The van der Waals surface area contributed by atoms with Gasteiger partial charge in [-0.05, 0) is 41.8 Å². The van der Waals surface area contributed by atoms with Gasteiger partial charge in [-0.15, -0.1) is 0 Å². The van der Waals surface area contributed by atoms with Crippen LogP contribution in [0.25, 0.3) is 0 Å². The molecule has 4 heteroatoms. The van der Waals surface area contributed by atoms with Crippen molar-refractivity contribution in [1.82, 2.24) is 0 Å². The monoisotopic (exact) mass is 352 g/mol. The lowest BCUT2D eigenvalue weighted by Gasteiger charge is -2.13. The van der Waals surface area contributed by atoms with Crippen molar-refractivity contribution in [3.8, 4) is 11.5 Å². The first-order valence-corrected chi connectivity index (χ1v) is 7.77. The van der Waals surface area contributed by atoms with Crippen LogP contribution in [0.4, 0.5) is 4.39 Å². The van der Waals surface area contributed by atoms with Gasteiger partial charge >= 0.3 is 0 Å². The number of benzene rings is 2. The fourth-order valence-electron chi connectivity index (χ4n) is 2.01. The zero-order valence-electron chi connectivity index (χ0n) is 12.1. The standard InChI is InChI=1S/C17H18BrFO2/c1-3-9-21-14-6-4-5-12(10-14)17(18)13-7-8-16(20-2)15(19)11-13/h4-8,10-11,17H,3,9H2,1-2H3. The van der Waals surface area contributed by atoms with Gasteiger partial charge in [-0.3, -0.25) is 0 Å². The first-order chi connectivity index (χ1) is 10.2. The summed E-state index contributed by atoms with van der Waals surface area (Å²) in [6.07, 6.45) is 0.964. The molecule has 0 radical (unpaired) electrons. The van der Waals surface area contributed by atoms with Crippen molar-refractivity contribution in [3.05, 3.63) is 59.4 Å². The van der Waals surface area contributed by atoms with E-state index in [-0.39, 0.29) is 16.4 Å². The first-order valence-electron chi connectivity index (χ1n) is 6.86. The minimum Gasteiger partial charge on any atom is -0.494 e. The minimum absolute atomic E-state index is 0.0944. The van der Waals surface area contributed by atoms with Crippen molar-refractivity contribution in [2.24, 2.45) is 0 Å². The van der Waals surface area contributed by atoms with Crippen LogP contribution >= 0.6 is 15.9 Å². The number of ether oxygens (including phenoxy) is 2. The third kappa shape index (κ3) is 3.97. The van der Waals surface area contributed by atoms with Crippen LogP contribution in [0.2, 0.25) is 0 Å². The maximum absolute atomic E-state index is 13.8. The van der Waals surface area contributed by atoms with Gasteiger partial charge in [-0.2, -0.15) is 0 Å². The molecule has 112 valence electrons. The summed E-state index contributed by atoms with van der Waals surface area (Å²) in [5.74, 6) is 0.712. The van der Waals surface area contributed by atoms with Gasteiger partial charge in [-0.1, -0.05) is 41.1 Å². The van der Waals surface area contributed by atoms with E-state index in [1.165, 1.54) is 13.2 Å². The predicted molar refractivity (Wildman–Crippen MR) is 86.0 cm³/mol. The molecule has 1 unspecified atom stereocenters. The molecular weight excluding hydrogens is 335 g/mol. The lowest BCUT2D eigenvalue weighted by molar-refractivity contribution is 0.317. The second-order valence-electron chi connectivity index (χ2n) is 4.68. The lowest BCUT2D eigenvalue weighted by atomic mass is 10.0. The molecule has 0 aliphatic heterocycles. The Morgan fingerprint density at radius 3 is 2.57 bits per heavy atom. The van der Waals surface area contributed by atoms with E-state index in [2.05, 4.69) is 22.9 Å². The van der Waals surface area contributed by atoms with E-state index in [0.29, 0.717) is 6.61 Å². The predicted octanol–water partition coefficient (Wildman–Crippen LogP) is 5.11. The van der Waals surface area contributed by atoms with E-state index in [4.69, 9.17) is 9.47 Å². The van der Waals surface area contributed by atoms with Crippen LogP contribution in [0, 0.1) is 5.82 Å². The summed E-state index contributed by atoms with van der Waals surface area (Å²) >= 11 is 3.61.